The maximum Gasteiger partial charge on any atom is 0.224 e. The summed E-state index contributed by atoms with van der Waals surface area (Å²) in [7, 11) is 3.18. The van der Waals surface area contributed by atoms with Crippen molar-refractivity contribution in [2.45, 2.75) is 38.6 Å². The molecule has 2 aromatic rings. The Labute approximate surface area is 176 Å². The van der Waals surface area contributed by atoms with Crippen LogP contribution in [-0.2, 0) is 16.0 Å². The summed E-state index contributed by atoms with van der Waals surface area (Å²) in [6.45, 7) is 2.38. The van der Waals surface area contributed by atoms with Gasteiger partial charge in [0.2, 0.25) is 11.8 Å². The normalized spacial score (nSPS) is 13.6. The smallest absolute Gasteiger partial charge is 0.224 e. The van der Waals surface area contributed by atoms with E-state index in [-0.39, 0.29) is 17.9 Å². The van der Waals surface area contributed by atoms with Crippen LogP contribution in [0, 0.1) is 0 Å². The lowest BCUT2D eigenvalue weighted by molar-refractivity contribution is -0.122. The number of hydrogen-bond donors (Lipinski definition) is 2. The number of carbonyl (C=O) groups is 2. The van der Waals surface area contributed by atoms with E-state index < -0.39 is 0 Å². The van der Waals surface area contributed by atoms with Crippen LogP contribution >= 0.6 is 0 Å². The molecule has 0 saturated heterocycles. The summed E-state index contributed by atoms with van der Waals surface area (Å²) in [6, 6.07) is 11.1. The molecular weight excluding hydrogens is 384 g/mol. The fraction of sp³-hybridized carbons (Fsp3) is 0.391. The van der Waals surface area contributed by atoms with E-state index in [1.54, 1.807) is 14.2 Å². The summed E-state index contributed by atoms with van der Waals surface area (Å²) in [6.07, 6.45) is 2.20. The molecule has 7 nitrogen and oxygen atoms in total. The molecule has 1 unspecified atom stereocenters. The monoisotopic (exact) mass is 412 g/mol. The molecule has 0 aliphatic carbocycles. The van der Waals surface area contributed by atoms with Gasteiger partial charge in [-0.15, -0.1) is 0 Å². The van der Waals surface area contributed by atoms with Crippen LogP contribution in [0.15, 0.2) is 36.4 Å². The fourth-order valence-electron chi connectivity index (χ4n) is 3.39. The van der Waals surface area contributed by atoms with E-state index in [0.29, 0.717) is 37.4 Å². The molecule has 3 rings (SSSR count). The first-order valence-electron chi connectivity index (χ1n) is 10.1. The van der Waals surface area contributed by atoms with Gasteiger partial charge in [-0.3, -0.25) is 9.59 Å². The molecule has 2 N–H and O–H groups in total. The third-order valence-corrected chi connectivity index (χ3v) is 5.07. The Bertz CT molecular complexity index is 912. The molecule has 2 aromatic carbocycles. The Kier molecular flexibility index (Phi) is 7.17. The lowest BCUT2D eigenvalue weighted by Gasteiger charge is -2.18. The van der Waals surface area contributed by atoms with Gasteiger partial charge < -0.3 is 24.8 Å². The van der Waals surface area contributed by atoms with Crippen molar-refractivity contribution >= 4 is 17.5 Å². The number of rotatable bonds is 9. The first kappa shape index (κ1) is 21.5. The van der Waals surface area contributed by atoms with E-state index in [1.165, 1.54) is 0 Å². The Morgan fingerprint density at radius 2 is 1.90 bits per heavy atom. The maximum atomic E-state index is 12.3. The number of carbonyl (C=O) groups excluding carboxylic acids is 2. The molecule has 1 heterocycles. The molecule has 0 fully saturated rings. The molecular formula is C23H28N2O5. The Morgan fingerprint density at radius 3 is 2.67 bits per heavy atom. The summed E-state index contributed by atoms with van der Waals surface area (Å²) in [4.78, 5) is 23.7. The molecule has 7 heteroatoms. The van der Waals surface area contributed by atoms with Crippen LogP contribution in [0.3, 0.4) is 0 Å². The second kappa shape index (κ2) is 10.0. The summed E-state index contributed by atoms with van der Waals surface area (Å²) in [5, 5.41) is 5.85. The zero-order valence-corrected chi connectivity index (χ0v) is 17.6. The molecule has 30 heavy (non-hydrogen) atoms. The van der Waals surface area contributed by atoms with Crippen molar-refractivity contribution in [2.75, 3.05) is 26.1 Å². The summed E-state index contributed by atoms with van der Waals surface area (Å²) in [5.74, 6) is 2.05. The van der Waals surface area contributed by atoms with Crippen LogP contribution in [0.1, 0.15) is 43.4 Å². The van der Waals surface area contributed by atoms with Gasteiger partial charge in [0.25, 0.3) is 0 Å². The van der Waals surface area contributed by atoms with Gasteiger partial charge in [-0.25, -0.2) is 0 Å². The minimum absolute atomic E-state index is 0.0333. The van der Waals surface area contributed by atoms with Gasteiger partial charge in [0.05, 0.1) is 26.9 Å². The Hall–Kier alpha value is -3.22. The van der Waals surface area contributed by atoms with Crippen LogP contribution in [0.5, 0.6) is 17.2 Å². The van der Waals surface area contributed by atoms with Gasteiger partial charge in [0.1, 0.15) is 5.75 Å². The average Bonchev–Trinajstić information content (AvgIpc) is 2.76. The molecule has 1 atom stereocenters. The number of amides is 2. The van der Waals surface area contributed by atoms with Gasteiger partial charge in [-0.2, -0.15) is 0 Å². The quantitative estimate of drug-likeness (QED) is 0.615. The molecule has 160 valence electrons. The third-order valence-electron chi connectivity index (χ3n) is 5.07. The molecule has 1 aliphatic heterocycles. The second-order valence-corrected chi connectivity index (χ2v) is 7.22. The minimum Gasteiger partial charge on any atom is -0.494 e. The second-order valence-electron chi connectivity index (χ2n) is 7.22. The van der Waals surface area contributed by atoms with Crippen LogP contribution in [0.25, 0.3) is 0 Å². The first-order valence-corrected chi connectivity index (χ1v) is 10.1. The van der Waals surface area contributed by atoms with Crippen molar-refractivity contribution in [3.05, 3.63) is 47.5 Å². The summed E-state index contributed by atoms with van der Waals surface area (Å²) in [5.41, 5.74) is 2.87. The van der Waals surface area contributed by atoms with Crippen LogP contribution < -0.4 is 24.8 Å². The number of methoxy groups -OCH3 is 2. The van der Waals surface area contributed by atoms with Crippen molar-refractivity contribution in [3.63, 3.8) is 0 Å². The maximum absolute atomic E-state index is 12.3. The highest BCUT2D eigenvalue weighted by Crippen LogP contribution is 2.30. The SMILES string of the molecule is COc1ccc(C(C)NC(=O)CCCOc2ccc3c(c2)CCC(=O)N3)cc1OC. The molecule has 2 amide bonds. The lowest BCUT2D eigenvalue weighted by atomic mass is 10.0. The van der Waals surface area contributed by atoms with E-state index in [9.17, 15) is 9.59 Å². The van der Waals surface area contributed by atoms with Gasteiger partial charge in [-0.1, -0.05) is 6.07 Å². The van der Waals surface area contributed by atoms with Gasteiger partial charge in [0, 0.05) is 18.5 Å². The predicted molar refractivity (Wildman–Crippen MR) is 114 cm³/mol. The molecule has 0 aromatic heterocycles. The molecule has 0 radical (unpaired) electrons. The topological polar surface area (TPSA) is 85.9 Å². The van der Waals surface area contributed by atoms with Crippen molar-refractivity contribution < 1.29 is 23.8 Å². The number of hydrogen-bond acceptors (Lipinski definition) is 5. The molecule has 0 spiro atoms. The zero-order chi connectivity index (χ0) is 21.5. The van der Waals surface area contributed by atoms with Crippen molar-refractivity contribution in [3.8, 4) is 17.2 Å². The van der Waals surface area contributed by atoms with Crippen molar-refractivity contribution in [1.82, 2.24) is 5.32 Å². The number of nitrogens with one attached hydrogen (secondary N) is 2. The van der Waals surface area contributed by atoms with Gasteiger partial charge in [-0.05, 0) is 61.2 Å². The van der Waals surface area contributed by atoms with Gasteiger partial charge in [0.15, 0.2) is 11.5 Å². The van der Waals surface area contributed by atoms with Crippen LogP contribution in [0.4, 0.5) is 5.69 Å². The third kappa shape index (κ3) is 5.43. The fourth-order valence-corrected chi connectivity index (χ4v) is 3.39. The van der Waals surface area contributed by atoms with Crippen molar-refractivity contribution in [1.29, 1.82) is 0 Å². The van der Waals surface area contributed by atoms with Crippen molar-refractivity contribution in [2.24, 2.45) is 0 Å². The lowest BCUT2D eigenvalue weighted by Crippen LogP contribution is -2.26. The Balaban J connectivity index is 1.43. The number of fused-ring (bicyclic) bond motifs is 1. The van der Waals surface area contributed by atoms with E-state index in [4.69, 9.17) is 14.2 Å². The number of ether oxygens (including phenoxy) is 3. The van der Waals surface area contributed by atoms with E-state index in [2.05, 4.69) is 10.6 Å². The molecule has 1 aliphatic rings. The molecule has 0 saturated carbocycles. The Morgan fingerprint density at radius 1 is 1.10 bits per heavy atom. The number of anilines is 1. The number of benzene rings is 2. The first-order chi connectivity index (χ1) is 14.5. The standard InChI is InChI=1S/C23H28N2O5/c1-15(16-6-10-20(28-2)21(14-16)29-3)24-22(26)5-4-12-30-18-8-9-19-17(13-18)7-11-23(27)25-19/h6,8-10,13-15H,4-5,7,11-12H2,1-3H3,(H,24,26)(H,25,27). The number of aryl methyl sites for hydroxylation is 1. The van der Waals surface area contributed by atoms with Crippen LogP contribution in [-0.4, -0.2) is 32.6 Å². The zero-order valence-electron chi connectivity index (χ0n) is 17.6. The van der Waals surface area contributed by atoms with E-state index in [1.807, 2.05) is 43.3 Å². The highest BCUT2D eigenvalue weighted by atomic mass is 16.5. The largest absolute Gasteiger partial charge is 0.494 e. The van der Waals surface area contributed by atoms with E-state index in [0.717, 1.165) is 29.0 Å². The average molecular weight is 412 g/mol. The highest BCUT2D eigenvalue weighted by molar-refractivity contribution is 5.94. The summed E-state index contributed by atoms with van der Waals surface area (Å²) < 4.78 is 16.3. The minimum atomic E-state index is -0.144. The summed E-state index contributed by atoms with van der Waals surface area (Å²) >= 11 is 0. The molecule has 0 bridgehead atoms. The van der Waals surface area contributed by atoms with E-state index >= 15 is 0 Å². The highest BCUT2D eigenvalue weighted by Gasteiger charge is 2.15. The van der Waals surface area contributed by atoms with Gasteiger partial charge >= 0.3 is 0 Å². The predicted octanol–water partition coefficient (Wildman–Crippen LogP) is 3.62. The van der Waals surface area contributed by atoms with Crippen LogP contribution in [0.2, 0.25) is 0 Å².